The first kappa shape index (κ1) is 21.8. The van der Waals surface area contributed by atoms with E-state index in [-0.39, 0.29) is 0 Å². The van der Waals surface area contributed by atoms with Crippen molar-refractivity contribution in [2.24, 2.45) is 5.92 Å². The van der Waals surface area contributed by atoms with Crippen molar-refractivity contribution in [3.63, 3.8) is 0 Å². The van der Waals surface area contributed by atoms with E-state index in [4.69, 9.17) is 4.74 Å². The molecule has 2 aliphatic heterocycles. The largest absolute Gasteiger partial charge is 0.383 e. The van der Waals surface area contributed by atoms with Crippen LogP contribution in [0.4, 0.5) is 0 Å². The van der Waals surface area contributed by atoms with Crippen LogP contribution < -0.4 is 0 Å². The van der Waals surface area contributed by atoms with Gasteiger partial charge in [-0.25, -0.2) is 0 Å². The van der Waals surface area contributed by atoms with E-state index in [1.54, 1.807) is 7.11 Å². The Labute approximate surface area is 171 Å². The highest BCUT2D eigenvalue weighted by atomic mass is 16.5. The van der Waals surface area contributed by atoms with Gasteiger partial charge in [0.2, 0.25) is 0 Å². The lowest BCUT2D eigenvalue weighted by Gasteiger charge is -2.36. The quantitative estimate of drug-likeness (QED) is 0.579. The second-order valence-corrected chi connectivity index (χ2v) is 8.60. The Bertz CT molecular complexity index is 555. The predicted octanol–water partition coefficient (Wildman–Crippen LogP) is 2.55. The van der Waals surface area contributed by atoms with E-state index in [0.29, 0.717) is 0 Å². The van der Waals surface area contributed by atoms with Crippen LogP contribution in [-0.4, -0.2) is 90.1 Å². The summed E-state index contributed by atoms with van der Waals surface area (Å²) in [5, 5.41) is 4.50. The van der Waals surface area contributed by atoms with Crippen LogP contribution in [0.3, 0.4) is 0 Å². The van der Waals surface area contributed by atoms with Crippen molar-refractivity contribution in [1.82, 2.24) is 24.5 Å². The molecule has 28 heavy (non-hydrogen) atoms. The summed E-state index contributed by atoms with van der Waals surface area (Å²) < 4.78 is 7.30. The summed E-state index contributed by atoms with van der Waals surface area (Å²) in [7, 11) is 1.80. The Morgan fingerprint density at radius 2 is 1.93 bits per heavy atom. The second kappa shape index (κ2) is 11.3. The third kappa shape index (κ3) is 6.28. The summed E-state index contributed by atoms with van der Waals surface area (Å²) in [6.45, 7) is 15.7. The maximum absolute atomic E-state index is 5.25. The first-order valence-electron chi connectivity index (χ1n) is 11.4. The van der Waals surface area contributed by atoms with Gasteiger partial charge in [0, 0.05) is 57.6 Å². The van der Waals surface area contributed by atoms with Crippen molar-refractivity contribution in [3.8, 4) is 0 Å². The van der Waals surface area contributed by atoms with Gasteiger partial charge in [-0.1, -0.05) is 6.92 Å². The van der Waals surface area contributed by atoms with Gasteiger partial charge in [0.25, 0.3) is 0 Å². The van der Waals surface area contributed by atoms with Gasteiger partial charge in [-0.15, -0.1) is 0 Å². The number of piperidine rings is 1. The number of aryl methyl sites for hydroxylation is 1. The molecular formula is C22H41N5O. The molecule has 6 nitrogen and oxygen atoms in total. The second-order valence-electron chi connectivity index (χ2n) is 8.60. The minimum Gasteiger partial charge on any atom is -0.383 e. The van der Waals surface area contributed by atoms with Gasteiger partial charge in [-0.3, -0.25) is 14.5 Å². The molecule has 1 atom stereocenters. The molecule has 1 aromatic rings. The lowest BCUT2D eigenvalue weighted by Crippen LogP contribution is -2.44. The molecule has 2 fully saturated rings. The molecule has 2 saturated heterocycles. The fourth-order valence-corrected chi connectivity index (χ4v) is 4.92. The smallest absolute Gasteiger partial charge is 0.0589 e. The molecule has 0 amide bonds. The Balaban J connectivity index is 1.56. The van der Waals surface area contributed by atoms with Crippen LogP contribution in [0.2, 0.25) is 0 Å². The zero-order chi connectivity index (χ0) is 19.8. The van der Waals surface area contributed by atoms with Crippen LogP contribution in [0.25, 0.3) is 0 Å². The maximum Gasteiger partial charge on any atom is 0.0589 e. The molecule has 1 aromatic heterocycles. The normalized spacial score (nSPS) is 22.5. The number of methoxy groups -OCH3 is 1. The summed E-state index contributed by atoms with van der Waals surface area (Å²) in [6, 6.07) is 0.730. The Kier molecular flexibility index (Phi) is 8.77. The molecule has 0 aromatic carbocycles. The van der Waals surface area contributed by atoms with E-state index in [0.717, 1.165) is 38.2 Å². The van der Waals surface area contributed by atoms with Gasteiger partial charge in [-0.2, -0.15) is 5.10 Å². The van der Waals surface area contributed by atoms with E-state index >= 15 is 0 Å². The summed E-state index contributed by atoms with van der Waals surface area (Å²) in [6.07, 6.45) is 9.64. The highest BCUT2D eigenvalue weighted by Gasteiger charge is 2.27. The van der Waals surface area contributed by atoms with E-state index < -0.39 is 0 Å². The van der Waals surface area contributed by atoms with Crippen molar-refractivity contribution in [3.05, 3.63) is 18.0 Å². The Morgan fingerprint density at radius 3 is 2.61 bits per heavy atom. The first-order chi connectivity index (χ1) is 13.7. The van der Waals surface area contributed by atoms with E-state index in [1.807, 2.05) is 0 Å². The average molecular weight is 392 g/mol. The van der Waals surface area contributed by atoms with Crippen LogP contribution in [0.5, 0.6) is 0 Å². The van der Waals surface area contributed by atoms with Gasteiger partial charge >= 0.3 is 0 Å². The monoisotopic (exact) mass is 391 g/mol. The Hall–Kier alpha value is -0.950. The van der Waals surface area contributed by atoms with Gasteiger partial charge in [-0.05, 0) is 64.7 Å². The van der Waals surface area contributed by atoms with Gasteiger partial charge in [0.15, 0.2) is 0 Å². The molecule has 2 aliphatic rings. The summed E-state index contributed by atoms with van der Waals surface area (Å²) in [5.41, 5.74) is 1.36. The molecule has 0 bridgehead atoms. The van der Waals surface area contributed by atoms with Crippen LogP contribution in [0, 0.1) is 5.92 Å². The van der Waals surface area contributed by atoms with Crippen molar-refractivity contribution in [1.29, 1.82) is 0 Å². The molecule has 0 spiro atoms. The third-order valence-electron chi connectivity index (χ3n) is 6.63. The standard InChI is InChI=1S/C22H41N5O/c1-4-26-10-6-7-22(26)19-25(17-21-15-23-27(5-2)18-21)16-20-8-11-24(12-9-20)13-14-28-3/h15,18,20,22H,4-14,16-17,19H2,1-3H3/t22-/m0/s1. The highest BCUT2D eigenvalue weighted by molar-refractivity contribution is 5.04. The van der Waals surface area contributed by atoms with Crippen molar-refractivity contribution >= 4 is 0 Å². The fraction of sp³-hybridized carbons (Fsp3) is 0.864. The summed E-state index contributed by atoms with van der Waals surface area (Å²) in [5.74, 6) is 0.816. The molecule has 0 saturated carbocycles. The van der Waals surface area contributed by atoms with Gasteiger partial charge in [0.05, 0.1) is 12.8 Å². The summed E-state index contributed by atoms with van der Waals surface area (Å²) in [4.78, 5) is 7.96. The molecule has 3 rings (SSSR count). The minimum atomic E-state index is 0.730. The van der Waals surface area contributed by atoms with Crippen molar-refractivity contribution < 1.29 is 4.74 Å². The van der Waals surface area contributed by atoms with Gasteiger partial charge in [0.1, 0.15) is 0 Å². The fourth-order valence-electron chi connectivity index (χ4n) is 4.92. The summed E-state index contributed by atoms with van der Waals surface area (Å²) >= 11 is 0. The molecule has 0 unspecified atom stereocenters. The van der Waals surface area contributed by atoms with Crippen molar-refractivity contribution in [2.45, 2.75) is 58.7 Å². The number of rotatable bonds is 11. The van der Waals surface area contributed by atoms with Crippen LogP contribution >= 0.6 is 0 Å². The lowest BCUT2D eigenvalue weighted by atomic mass is 9.95. The number of aromatic nitrogens is 2. The number of likely N-dealkylation sites (N-methyl/N-ethyl adjacent to an activating group) is 1. The predicted molar refractivity (Wildman–Crippen MR) is 114 cm³/mol. The molecular weight excluding hydrogens is 350 g/mol. The first-order valence-corrected chi connectivity index (χ1v) is 11.4. The van der Waals surface area contributed by atoms with E-state index in [1.165, 1.54) is 70.5 Å². The third-order valence-corrected chi connectivity index (χ3v) is 6.63. The lowest BCUT2D eigenvalue weighted by molar-refractivity contribution is 0.0964. The maximum atomic E-state index is 5.25. The average Bonchev–Trinajstić information content (AvgIpc) is 3.36. The number of hydrogen-bond donors (Lipinski definition) is 0. The molecule has 0 aliphatic carbocycles. The van der Waals surface area contributed by atoms with Crippen LogP contribution in [-0.2, 0) is 17.8 Å². The van der Waals surface area contributed by atoms with E-state index in [9.17, 15) is 0 Å². The topological polar surface area (TPSA) is 36.8 Å². The van der Waals surface area contributed by atoms with Gasteiger partial charge < -0.3 is 9.64 Å². The number of nitrogens with zero attached hydrogens (tertiary/aromatic N) is 5. The molecule has 0 N–H and O–H groups in total. The van der Waals surface area contributed by atoms with E-state index in [2.05, 4.69) is 50.7 Å². The SMILES string of the molecule is CCN1CCC[C@H]1CN(Cc1cnn(CC)c1)CC1CCN(CCOC)CC1. The molecule has 3 heterocycles. The zero-order valence-electron chi connectivity index (χ0n) is 18.4. The molecule has 0 radical (unpaired) electrons. The minimum absolute atomic E-state index is 0.730. The molecule has 6 heteroatoms. The van der Waals surface area contributed by atoms with Crippen LogP contribution in [0.15, 0.2) is 12.4 Å². The zero-order valence-corrected chi connectivity index (χ0v) is 18.4. The number of hydrogen-bond acceptors (Lipinski definition) is 5. The van der Waals surface area contributed by atoms with Crippen molar-refractivity contribution in [2.75, 3.05) is 59.5 Å². The number of ether oxygens (including phenoxy) is 1. The number of likely N-dealkylation sites (tertiary alicyclic amines) is 2. The molecule has 160 valence electrons. The Morgan fingerprint density at radius 1 is 1.11 bits per heavy atom. The highest BCUT2D eigenvalue weighted by Crippen LogP contribution is 2.23. The van der Waals surface area contributed by atoms with Crippen LogP contribution in [0.1, 0.15) is 45.1 Å².